The number of rotatable bonds is 4. The number of nitrogens with zero attached hydrogens (tertiary/aromatic N) is 1. The van der Waals surface area contributed by atoms with Crippen LogP contribution in [0.3, 0.4) is 0 Å². The first-order valence-electron chi connectivity index (χ1n) is 9.13. The molecule has 1 spiro atoms. The normalized spacial score (nSPS) is 37.3. The van der Waals surface area contributed by atoms with Crippen LogP contribution in [0.15, 0.2) is 0 Å². The number of piperidine rings is 1. The van der Waals surface area contributed by atoms with E-state index in [1.807, 2.05) is 0 Å². The summed E-state index contributed by atoms with van der Waals surface area (Å²) in [5.74, 6) is 1.38. The van der Waals surface area contributed by atoms with Crippen molar-refractivity contribution in [2.24, 2.45) is 17.3 Å². The molecule has 2 N–H and O–H groups in total. The lowest BCUT2D eigenvalue weighted by molar-refractivity contribution is -0.124. The van der Waals surface area contributed by atoms with E-state index in [2.05, 4.69) is 36.6 Å². The highest BCUT2D eigenvalue weighted by atomic mass is 16.2. The summed E-state index contributed by atoms with van der Waals surface area (Å²) in [6.07, 6.45) is 8.52. The van der Waals surface area contributed by atoms with Gasteiger partial charge in [0.25, 0.3) is 0 Å². The fourth-order valence-corrected chi connectivity index (χ4v) is 4.93. The third-order valence-electron chi connectivity index (χ3n) is 6.71. The van der Waals surface area contributed by atoms with Crippen LogP contribution in [0.5, 0.6) is 0 Å². The van der Waals surface area contributed by atoms with Gasteiger partial charge < -0.3 is 15.5 Å². The van der Waals surface area contributed by atoms with Gasteiger partial charge in [0.1, 0.15) is 0 Å². The van der Waals surface area contributed by atoms with Crippen molar-refractivity contribution in [1.29, 1.82) is 0 Å². The first-order valence-corrected chi connectivity index (χ1v) is 9.13. The van der Waals surface area contributed by atoms with Gasteiger partial charge in [0.15, 0.2) is 0 Å². The van der Waals surface area contributed by atoms with Gasteiger partial charge in [-0.2, -0.15) is 0 Å². The Labute approximate surface area is 135 Å². The average Bonchev–Trinajstić information content (AvgIpc) is 3.19. The van der Waals surface area contributed by atoms with Crippen LogP contribution in [0.4, 0.5) is 0 Å². The van der Waals surface area contributed by atoms with Gasteiger partial charge in [-0.15, -0.1) is 0 Å². The van der Waals surface area contributed by atoms with Crippen molar-refractivity contribution in [3.63, 3.8) is 0 Å². The van der Waals surface area contributed by atoms with E-state index in [4.69, 9.17) is 0 Å². The van der Waals surface area contributed by atoms with Gasteiger partial charge in [0.05, 0.1) is 0 Å². The average molecular weight is 307 g/mol. The molecule has 1 heterocycles. The number of carbonyl (C=O) groups is 1. The summed E-state index contributed by atoms with van der Waals surface area (Å²) in [6.45, 7) is 5.35. The smallest absolute Gasteiger partial charge is 0.223 e. The lowest BCUT2D eigenvalue weighted by Crippen LogP contribution is -2.55. The summed E-state index contributed by atoms with van der Waals surface area (Å²) < 4.78 is 0. The second-order valence-electron chi connectivity index (χ2n) is 8.41. The molecule has 0 aromatic carbocycles. The van der Waals surface area contributed by atoms with E-state index in [0.717, 1.165) is 32.0 Å². The zero-order valence-electron chi connectivity index (χ0n) is 14.6. The Balaban J connectivity index is 1.55. The maximum atomic E-state index is 12.6. The zero-order chi connectivity index (χ0) is 15.8. The molecule has 3 aliphatic rings. The molecule has 0 aromatic rings. The van der Waals surface area contributed by atoms with Crippen LogP contribution in [-0.4, -0.2) is 50.1 Å². The van der Waals surface area contributed by atoms with E-state index in [1.54, 1.807) is 0 Å². The molecular weight excluding hydrogens is 274 g/mol. The molecule has 3 rings (SSSR count). The number of hydrogen-bond acceptors (Lipinski definition) is 3. The number of nitrogens with one attached hydrogen (secondary N) is 2. The molecule has 2 aliphatic carbocycles. The minimum absolute atomic E-state index is 0.170. The largest absolute Gasteiger partial charge is 0.354 e. The highest BCUT2D eigenvalue weighted by Gasteiger charge is 2.57. The highest BCUT2D eigenvalue weighted by Crippen LogP contribution is 2.58. The van der Waals surface area contributed by atoms with E-state index < -0.39 is 0 Å². The van der Waals surface area contributed by atoms with Crippen molar-refractivity contribution < 1.29 is 4.79 Å². The Kier molecular flexibility index (Phi) is 4.52. The summed E-state index contributed by atoms with van der Waals surface area (Å²) >= 11 is 0. The van der Waals surface area contributed by atoms with Crippen LogP contribution in [0.1, 0.15) is 51.9 Å². The fraction of sp³-hybridized carbons (Fsp3) is 0.944. The van der Waals surface area contributed by atoms with Gasteiger partial charge in [0.2, 0.25) is 5.91 Å². The van der Waals surface area contributed by atoms with Gasteiger partial charge in [-0.25, -0.2) is 0 Å². The second-order valence-corrected chi connectivity index (χ2v) is 8.41. The Bertz CT molecular complexity index is 417. The molecule has 0 radical (unpaired) electrons. The van der Waals surface area contributed by atoms with Crippen molar-refractivity contribution in [1.82, 2.24) is 15.5 Å². The van der Waals surface area contributed by atoms with Crippen molar-refractivity contribution in [2.75, 3.05) is 33.7 Å². The predicted molar refractivity (Wildman–Crippen MR) is 89.7 cm³/mol. The molecule has 0 bridgehead atoms. The number of hydrogen-bond donors (Lipinski definition) is 2. The van der Waals surface area contributed by atoms with E-state index >= 15 is 0 Å². The summed E-state index contributed by atoms with van der Waals surface area (Å²) in [7, 11) is 4.35. The molecule has 2 saturated carbocycles. The molecule has 4 heteroatoms. The van der Waals surface area contributed by atoms with Crippen molar-refractivity contribution in [2.45, 2.75) is 57.4 Å². The molecule has 1 aliphatic heterocycles. The topological polar surface area (TPSA) is 44.4 Å². The number of carbonyl (C=O) groups excluding carboxylic acids is 1. The first kappa shape index (κ1) is 16.3. The van der Waals surface area contributed by atoms with Crippen LogP contribution < -0.4 is 10.6 Å². The van der Waals surface area contributed by atoms with Crippen molar-refractivity contribution in [3.05, 3.63) is 0 Å². The summed E-state index contributed by atoms with van der Waals surface area (Å²) in [5.41, 5.74) is 0.518. The Morgan fingerprint density at radius 1 is 1.23 bits per heavy atom. The molecule has 1 saturated heterocycles. The first-order chi connectivity index (χ1) is 10.5. The Hall–Kier alpha value is -0.610. The minimum Gasteiger partial charge on any atom is -0.354 e. The Morgan fingerprint density at radius 3 is 2.59 bits per heavy atom. The van der Waals surface area contributed by atoms with Crippen LogP contribution in [0.2, 0.25) is 0 Å². The maximum absolute atomic E-state index is 12.6. The summed E-state index contributed by atoms with van der Waals surface area (Å²) in [6, 6.07) is 0. The molecule has 4 nitrogen and oxygen atoms in total. The number of likely N-dealkylation sites (N-methyl/N-ethyl adjacent to an activating group) is 1. The maximum Gasteiger partial charge on any atom is 0.223 e. The monoisotopic (exact) mass is 307 g/mol. The van der Waals surface area contributed by atoms with Gasteiger partial charge >= 0.3 is 0 Å². The van der Waals surface area contributed by atoms with E-state index in [1.165, 1.54) is 38.5 Å². The lowest BCUT2D eigenvalue weighted by atomic mass is 9.75. The molecular formula is C18H33N3O. The molecule has 22 heavy (non-hydrogen) atoms. The van der Waals surface area contributed by atoms with Crippen LogP contribution in [0.25, 0.3) is 0 Å². The second kappa shape index (κ2) is 6.12. The van der Waals surface area contributed by atoms with E-state index in [0.29, 0.717) is 11.3 Å². The van der Waals surface area contributed by atoms with Crippen molar-refractivity contribution >= 4 is 5.91 Å². The van der Waals surface area contributed by atoms with Crippen LogP contribution in [-0.2, 0) is 4.79 Å². The minimum atomic E-state index is 0.170. The van der Waals surface area contributed by atoms with E-state index in [9.17, 15) is 4.79 Å². The van der Waals surface area contributed by atoms with E-state index in [-0.39, 0.29) is 11.5 Å². The fourth-order valence-electron chi connectivity index (χ4n) is 4.93. The number of amides is 1. The summed E-state index contributed by atoms with van der Waals surface area (Å²) in [4.78, 5) is 15.0. The molecule has 0 aromatic heterocycles. The van der Waals surface area contributed by atoms with Crippen LogP contribution in [0, 0.1) is 17.3 Å². The third-order valence-corrected chi connectivity index (χ3v) is 6.71. The van der Waals surface area contributed by atoms with Gasteiger partial charge in [0, 0.05) is 18.0 Å². The standard InChI is InChI=1S/C18H33N3O/c1-14-5-4-6-18(11-14,21(2)3)13-20-16(22)15-12-17(15)7-9-19-10-8-17/h14-15,19H,4-13H2,1-3H3,(H,20,22). The third kappa shape index (κ3) is 3.05. The molecule has 126 valence electrons. The molecule has 3 fully saturated rings. The molecule has 3 unspecified atom stereocenters. The molecule has 3 atom stereocenters. The van der Waals surface area contributed by atoms with Crippen molar-refractivity contribution in [3.8, 4) is 0 Å². The quantitative estimate of drug-likeness (QED) is 0.835. The highest BCUT2D eigenvalue weighted by molar-refractivity contribution is 5.82. The Morgan fingerprint density at radius 2 is 1.95 bits per heavy atom. The summed E-state index contributed by atoms with van der Waals surface area (Å²) in [5, 5.41) is 6.74. The van der Waals surface area contributed by atoms with Gasteiger partial charge in [-0.3, -0.25) is 4.79 Å². The van der Waals surface area contributed by atoms with Gasteiger partial charge in [-0.1, -0.05) is 19.8 Å². The lowest BCUT2D eigenvalue weighted by Gasteiger charge is -2.45. The SMILES string of the molecule is CC1CCCC(CNC(=O)C2CC23CCNCC3)(N(C)C)C1. The predicted octanol–water partition coefficient (Wildman–Crippen LogP) is 2.00. The van der Waals surface area contributed by atoms with Crippen LogP contribution >= 0.6 is 0 Å². The van der Waals surface area contributed by atoms with Gasteiger partial charge in [-0.05, 0) is 70.6 Å². The molecule has 1 amide bonds. The zero-order valence-corrected chi connectivity index (χ0v) is 14.6.